The number of fused-ring (bicyclic) bond motifs is 3. The fraction of sp³-hybridized carbons (Fsp3) is 0.429. The van der Waals surface area contributed by atoms with E-state index in [-0.39, 0.29) is 11.4 Å². The van der Waals surface area contributed by atoms with Crippen LogP contribution < -0.4 is 10.4 Å². The first-order chi connectivity index (χ1) is 17.4. The van der Waals surface area contributed by atoms with Crippen molar-refractivity contribution in [3.8, 4) is 0 Å². The molecule has 1 aromatic carbocycles. The van der Waals surface area contributed by atoms with Gasteiger partial charge >= 0.3 is 5.56 Å². The minimum atomic E-state index is -1.22. The first-order valence-corrected chi connectivity index (χ1v) is 16.3. The van der Waals surface area contributed by atoms with Gasteiger partial charge in [-0.2, -0.15) is 0 Å². The molecule has 0 N–H and O–H groups in total. The third-order valence-electron chi connectivity index (χ3n) is 6.31. The lowest BCUT2D eigenvalue weighted by molar-refractivity contribution is -0.134. The van der Waals surface area contributed by atoms with Gasteiger partial charge in [0.2, 0.25) is 6.29 Å². The van der Waals surface area contributed by atoms with E-state index in [2.05, 4.69) is 40.3 Å². The summed E-state index contributed by atoms with van der Waals surface area (Å²) in [5, 5.41) is 1.79. The summed E-state index contributed by atoms with van der Waals surface area (Å²) in [5.74, 6) is -0.258. The van der Waals surface area contributed by atoms with E-state index in [0.29, 0.717) is 30.9 Å². The number of hydrogen-bond acceptors (Lipinski definition) is 5. The van der Waals surface area contributed by atoms with E-state index < -0.39 is 14.4 Å². The maximum absolute atomic E-state index is 13.5. The molecule has 3 heterocycles. The Morgan fingerprint density at radius 3 is 2.51 bits per heavy atom. The van der Waals surface area contributed by atoms with Gasteiger partial charge in [-0.05, 0) is 56.4 Å². The van der Waals surface area contributed by atoms with Crippen LogP contribution in [0, 0.1) is 12.7 Å². The molecule has 0 aliphatic carbocycles. The SMILES string of the molecule is Cc1cc2c(ncc3c2c(CN(C)C)cn3Cc2ccc(F)cc2)c(=O)n1OC(C)OCC[Si](C)(C)C. The quantitative estimate of drug-likeness (QED) is 0.215. The topological polar surface area (TPSA) is 61.5 Å². The predicted octanol–water partition coefficient (Wildman–Crippen LogP) is 5.04. The van der Waals surface area contributed by atoms with Gasteiger partial charge in [0.1, 0.15) is 11.3 Å². The molecule has 7 nitrogen and oxygen atoms in total. The lowest BCUT2D eigenvalue weighted by Gasteiger charge is -2.21. The molecular weight excluding hydrogens is 487 g/mol. The molecule has 1 atom stereocenters. The molecule has 0 fully saturated rings. The molecular formula is C28H37FN4O3Si. The number of hydrogen-bond donors (Lipinski definition) is 0. The summed E-state index contributed by atoms with van der Waals surface area (Å²) in [6, 6.07) is 9.49. The normalized spacial score (nSPS) is 13.1. The van der Waals surface area contributed by atoms with E-state index in [1.54, 1.807) is 18.3 Å². The zero-order chi connectivity index (χ0) is 26.9. The van der Waals surface area contributed by atoms with Crippen LogP contribution in [0.5, 0.6) is 0 Å². The third kappa shape index (κ3) is 6.29. The molecule has 0 aliphatic heterocycles. The number of nitrogens with zero attached hydrogens (tertiary/aromatic N) is 4. The van der Waals surface area contributed by atoms with Crippen molar-refractivity contribution in [2.75, 3.05) is 20.7 Å². The van der Waals surface area contributed by atoms with E-state index in [4.69, 9.17) is 9.57 Å². The molecule has 0 aliphatic rings. The lowest BCUT2D eigenvalue weighted by atomic mass is 10.1. The van der Waals surface area contributed by atoms with Crippen molar-refractivity contribution in [1.29, 1.82) is 0 Å². The van der Waals surface area contributed by atoms with Gasteiger partial charge in [0.05, 0.1) is 17.4 Å². The molecule has 9 heteroatoms. The van der Waals surface area contributed by atoms with Gasteiger partial charge in [0.25, 0.3) is 0 Å². The van der Waals surface area contributed by atoms with Crippen molar-refractivity contribution in [3.05, 3.63) is 75.7 Å². The number of rotatable bonds is 10. The highest BCUT2D eigenvalue weighted by atomic mass is 28.3. The highest BCUT2D eigenvalue weighted by molar-refractivity contribution is 6.76. The maximum atomic E-state index is 13.5. The van der Waals surface area contributed by atoms with Crippen molar-refractivity contribution >= 4 is 29.9 Å². The van der Waals surface area contributed by atoms with Crippen LogP contribution in [0.15, 0.2) is 47.5 Å². The largest absolute Gasteiger partial charge is 0.379 e. The molecule has 37 heavy (non-hydrogen) atoms. The summed E-state index contributed by atoms with van der Waals surface area (Å²) in [5.41, 5.74) is 3.73. The number of aryl methyl sites for hydroxylation is 1. The number of ether oxygens (including phenoxy) is 1. The highest BCUT2D eigenvalue weighted by Crippen LogP contribution is 2.29. The van der Waals surface area contributed by atoms with Gasteiger partial charge in [-0.3, -0.25) is 4.79 Å². The van der Waals surface area contributed by atoms with Crippen molar-refractivity contribution < 1.29 is 14.0 Å². The molecule has 4 aromatic rings. The Kier molecular flexibility index (Phi) is 7.87. The van der Waals surface area contributed by atoms with Crippen LogP contribution in [0.4, 0.5) is 4.39 Å². The van der Waals surface area contributed by atoms with Crippen LogP contribution in [0.1, 0.15) is 23.7 Å². The number of halogens is 1. The second kappa shape index (κ2) is 10.8. The Hall–Kier alpha value is -3.01. The minimum absolute atomic E-state index is 0.258. The van der Waals surface area contributed by atoms with Gasteiger partial charge in [0, 0.05) is 51.7 Å². The third-order valence-corrected chi connectivity index (χ3v) is 8.01. The van der Waals surface area contributed by atoms with Crippen molar-refractivity contribution in [2.45, 2.75) is 58.9 Å². The van der Waals surface area contributed by atoms with Crippen molar-refractivity contribution in [3.63, 3.8) is 0 Å². The van der Waals surface area contributed by atoms with E-state index in [9.17, 15) is 9.18 Å². The molecule has 3 aromatic heterocycles. The average Bonchev–Trinajstić information content (AvgIpc) is 3.14. The van der Waals surface area contributed by atoms with Gasteiger partial charge in [0.15, 0.2) is 0 Å². The molecule has 4 rings (SSSR count). The Bertz CT molecular complexity index is 1460. The first-order valence-electron chi connectivity index (χ1n) is 12.6. The molecule has 198 valence electrons. The maximum Gasteiger partial charge on any atom is 0.309 e. The smallest absolute Gasteiger partial charge is 0.309 e. The van der Waals surface area contributed by atoms with Crippen molar-refractivity contribution in [1.82, 2.24) is 19.2 Å². The van der Waals surface area contributed by atoms with Crippen LogP contribution in [-0.4, -0.2) is 54.2 Å². The van der Waals surface area contributed by atoms with Crippen LogP contribution in [0.2, 0.25) is 25.7 Å². The molecule has 0 amide bonds. The number of aromatic nitrogens is 3. The van der Waals surface area contributed by atoms with Crippen LogP contribution in [0.3, 0.4) is 0 Å². The van der Waals surface area contributed by atoms with Gasteiger partial charge in [-0.15, -0.1) is 4.73 Å². The zero-order valence-electron chi connectivity index (χ0n) is 22.8. The summed E-state index contributed by atoms with van der Waals surface area (Å²) in [7, 11) is 2.81. The monoisotopic (exact) mass is 524 g/mol. The summed E-state index contributed by atoms with van der Waals surface area (Å²) >= 11 is 0. The molecule has 0 spiro atoms. The summed E-state index contributed by atoms with van der Waals surface area (Å²) in [4.78, 5) is 26.1. The van der Waals surface area contributed by atoms with E-state index in [0.717, 1.165) is 33.5 Å². The fourth-order valence-electron chi connectivity index (χ4n) is 4.45. The summed E-state index contributed by atoms with van der Waals surface area (Å²) in [6.07, 6.45) is 3.28. The minimum Gasteiger partial charge on any atom is -0.379 e. The zero-order valence-corrected chi connectivity index (χ0v) is 23.8. The molecule has 0 saturated heterocycles. The van der Waals surface area contributed by atoms with Crippen LogP contribution >= 0.6 is 0 Å². The Morgan fingerprint density at radius 1 is 1.16 bits per heavy atom. The molecule has 0 bridgehead atoms. The Labute approximate surface area is 218 Å². The van der Waals surface area contributed by atoms with Gasteiger partial charge < -0.3 is 19.0 Å². The molecule has 1 unspecified atom stereocenters. The predicted molar refractivity (Wildman–Crippen MR) is 149 cm³/mol. The van der Waals surface area contributed by atoms with Gasteiger partial charge in [-0.1, -0.05) is 31.8 Å². The fourth-order valence-corrected chi connectivity index (χ4v) is 5.18. The average molecular weight is 525 g/mol. The standard InChI is InChI=1S/C28H37FN4O3Si/c1-19-14-24-26-22(17-31(3)4)18-32(16-21-8-10-23(29)11-9-21)25(26)15-30-27(24)28(34)33(19)36-20(2)35-12-13-37(5,6)7/h8-11,14-15,18,20H,12-13,16-17H2,1-7H3. The van der Waals surface area contributed by atoms with E-state index >= 15 is 0 Å². The molecule has 0 radical (unpaired) electrons. The summed E-state index contributed by atoms with van der Waals surface area (Å²) in [6.45, 7) is 12.4. The van der Waals surface area contributed by atoms with Crippen LogP contribution in [-0.2, 0) is 17.8 Å². The highest BCUT2D eigenvalue weighted by Gasteiger charge is 2.19. The number of benzene rings is 1. The number of pyridine rings is 2. The first kappa shape index (κ1) is 27.0. The Morgan fingerprint density at radius 2 is 1.86 bits per heavy atom. The van der Waals surface area contributed by atoms with E-state index in [1.165, 1.54) is 16.9 Å². The molecule has 0 saturated carbocycles. The van der Waals surface area contributed by atoms with Crippen molar-refractivity contribution in [2.24, 2.45) is 0 Å². The second-order valence-electron chi connectivity index (χ2n) is 11.2. The lowest BCUT2D eigenvalue weighted by Crippen LogP contribution is -2.36. The summed E-state index contributed by atoms with van der Waals surface area (Å²) < 4.78 is 22.7. The Balaban J connectivity index is 1.74. The van der Waals surface area contributed by atoms with Crippen LogP contribution in [0.25, 0.3) is 21.8 Å². The second-order valence-corrected chi connectivity index (χ2v) is 16.8. The van der Waals surface area contributed by atoms with Gasteiger partial charge in [-0.25, -0.2) is 9.37 Å². The van der Waals surface area contributed by atoms with E-state index in [1.807, 2.05) is 34.0 Å².